The summed E-state index contributed by atoms with van der Waals surface area (Å²) in [6, 6.07) is -0.671. The molecule has 0 aromatic rings. The fraction of sp³-hybridized carbons (Fsp3) is 0.667. The van der Waals surface area contributed by atoms with E-state index in [1.165, 1.54) is 6.92 Å². The van der Waals surface area contributed by atoms with Crippen LogP contribution in [0.1, 0.15) is 6.92 Å². The molecular weight excluding hydrogens is 160 g/mol. The Morgan fingerprint density at radius 3 is 2.42 bits per heavy atom. The predicted octanol–water partition coefficient (Wildman–Crippen LogP) is -2.30. The van der Waals surface area contributed by atoms with Crippen LogP contribution in [0.15, 0.2) is 0 Å². The number of hydrazine groups is 1. The highest BCUT2D eigenvalue weighted by atomic mass is 16.2. The summed E-state index contributed by atoms with van der Waals surface area (Å²) in [7, 11) is 1.66. The van der Waals surface area contributed by atoms with Crippen LogP contribution >= 0.6 is 0 Å². The van der Waals surface area contributed by atoms with E-state index in [9.17, 15) is 9.59 Å². The molecule has 0 radical (unpaired) electrons. The van der Waals surface area contributed by atoms with Gasteiger partial charge in [0.15, 0.2) is 0 Å². The highest BCUT2D eigenvalue weighted by molar-refractivity contribution is 5.85. The molecule has 0 aromatic heterocycles. The zero-order valence-electron chi connectivity index (χ0n) is 7.18. The normalized spacial score (nSPS) is 12.2. The summed E-state index contributed by atoms with van der Waals surface area (Å²) < 4.78 is 0. The quantitative estimate of drug-likeness (QED) is 0.352. The Hall–Kier alpha value is -1.14. The van der Waals surface area contributed by atoms with Gasteiger partial charge in [-0.1, -0.05) is 0 Å². The molecule has 70 valence electrons. The lowest BCUT2D eigenvalue weighted by Crippen LogP contribution is -2.51. The maximum absolute atomic E-state index is 10.7. The van der Waals surface area contributed by atoms with Gasteiger partial charge in [0, 0.05) is 13.5 Å². The second-order valence-electron chi connectivity index (χ2n) is 2.29. The third kappa shape index (κ3) is 4.64. The first-order valence-electron chi connectivity index (χ1n) is 3.54. The highest BCUT2D eigenvalue weighted by Crippen LogP contribution is 1.78. The SMILES string of the molecule is CNNCC(NC(C)=O)C(N)=O. The number of carbonyl (C=O) groups is 2. The van der Waals surface area contributed by atoms with Crippen LogP contribution in [0.25, 0.3) is 0 Å². The van der Waals surface area contributed by atoms with Crippen molar-refractivity contribution in [1.82, 2.24) is 16.2 Å². The molecule has 12 heavy (non-hydrogen) atoms. The van der Waals surface area contributed by atoms with Crippen molar-refractivity contribution >= 4 is 11.8 Å². The standard InChI is InChI=1S/C6H14N4O2/c1-4(11)10-5(6(7)12)3-9-8-2/h5,8-9H,3H2,1-2H3,(H2,7,12)(H,10,11). The van der Waals surface area contributed by atoms with E-state index in [4.69, 9.17) is 5.73 Å². The summed E-state index contributed by atoms with van der Waals surface area (Å²) in [5.41, 5.74) is 10.3. The van der Waals surface area contributed by atoms with Crippen LogP contribution in [0.4, 0.5) is 0 Å². The maximum Gasteiger partial charge on any atom is 0.241 e. The Morgan fingerprint density at radius 2 is 2.08 bits per heavy atom. The van der Waals surface area contributed by atoms with Gasteiger partial charge in [-0.15, -0.1) is 0 Å². The topological polar surface area (TPSA) is 96.2 Å². The number of carbonyl (C=O) groups excluding carboxylic acids is 2. The number of rotatable bonds is 5. The number of hydrogen-bond donors (Lipinski definition) is 4. The Kier molecular flexibility index (Phi) is 4.98. The van der Waals surface area contributed by atoms with Crippen molar-refractivity contribution in [1.29, 1.82) is 0 Å². The lowest BCUT2D eigenvalue weighted by atomic mass is 10.3. The van der Waals surface area contributed by atoms with Gasteiger partial charge >= 0.3 is 0 Å². The summed E-state index contributed by atoms with van der Waals surface area (Å²) in [4.78, 5) is 21.2. The summed E-state index contributed by atoms with van der Waals surface area (Å²) in [6.45, 7) is 1.60. The minimum absolute atomic E-state index is 0.269. The van der Waals surface area contributed by atoms with Crippen molar-refractivity contribution < 1.29 is 9.59 Å². The molecule has 0 rings (SSSR count). The first kappa shape index (κ1) is 10.9. The number of primary amides is 1. The largest absolute Gasteiger partial charge is 0.368 e. The van der Waals surface area contributed by atoms with Crippen LogP contribution in [0.5, 0.6) is 0 Å². The van der Waals surface area contributed by atoms with E-state index in [0.717, 1.165) is 0 Å². The molecule has 6 nitrogen and oxygen atoms in total. The van der Waals surface area contributed by atoms with Gasteiger partial charge in [-0.05, 0) is 7.05 Å². The van der Waals surface area contributed by atoms with Crippen LogP contribution in [0.2, 0.25) is 0 Å². The van der Waals surface area contributed by atoms with Crippen molar-refractivity contribution in [2.45, 2.75) is 13.0 Å². The van der Waals surface area contributed by atoms with E-state index in [1.54, 1.807) is 7.05 Å². The summed E-state index contributed by atoms with van der Waals surface area (Å²) >= 11 is 0. The highest BCUT2D eigenvalue weighted by Gasteiger charge is 2.14. The van der Waals surface area contributed by atoms with Crippen LogP contribution in [-0.2, 0) is 9.59 Å². The first-order chi connectivity index (χ1) is 5.57. The summed E-state index contributed by atoms with van der Waals surface area (Å²) in [5.74, 6) is -0.843. The van der Waals surface area contributed by atoms with Crippen molar-refractivity contribution in [2.75, 3.05) is 13.6 Å². The van der Waals surface area contributed by atoms with Gasteiger partial charge in [0.2, 0.25) is 11.8 Å². The molecule has 0 aliphatic heterocycles. The monoisotopic (exact) mass is 174 g/mol. The molecule has 0 aliphatic carbocycles. The minimum atomic E-state index is -0.671. The molecular formula is C6H14N4O2. The average molecular weight is 174 g/mol. The van der Waals surface area contributed by atoms with Crippen molar-refractivity contribution in [3.8, 4) is 0 Å². The lowest BCUT2D eigenvalue weighted by Gasteiger charge is -2.13. The molecule has 0 saturated heterocycles. The van der Waals surface area contributed by atoms with E-state index in [0.29, 0.717) is 0 Å². The molecule has 0 aromatic carbocycles. The van der Waals surface area contributed by atoms with Gasteiger partial charge in [-0.25, -0.2) is 0 Å². The van der Waals surface area contributed by atoms with E-state index in [1.807, 2.05) is 0 Å². The molecule has 0 bridgehead atoms. The first-order valence-corrected chi connectivity index (χ1v) is 3.54. The van der Waals surface area contributed by atoms with E-state index < -0.39 is 11.9 Å². The van der Waals surface area contributed by atoms with Crippen molar-refractivity contribution in [3.05, 3.63) is 0 Å². The molecule has 1 atom stereocenters. The minimum Gasteiger partial charge on any atom is -0.368 e. The Bertz CT molecular complexity index is 171. The number of hydrogen-bond acceptors (Lipinski definition) is 4. The van der Waals surface area contributed by atoms with E-state index in [-0.39, 0.29) is 12.5 Å². The Labute approximate surface area is 70.8 Å². The smallest absolute Gasteiger partial charge is 0.241 e. The van der Waals surface area contributed by atoms with Gasteiger partial charge in [0.05, 0.1) is 0 Å². The third-order valence-corrected chi connectivity index (χ3v) is 1.20. The molecule has 0 fully saturated rings. The number of nitrogens with one attached hydrogen (secondary N) is 3. The second kappa shape index (κ2) is 5.50. The maximum atomic E-state index is 10.7. The van der Waals surface area contributed by atoms with Crippen LogP contribution in [-0.4, -0.2) is 31.4 Å². The Morgan fingerprint density at radius 1 is 1.50 bits per heavy atom. The molecule has 0 aliphatic rings. The zero-order chi connectivity index (χ0) is 9.56. The fourth-order valence-electron chi connectivity index (χ4n) is 0.672. The predicted molar refractivity (Wildman–Crippen MR) is 43.9 cm³/mol. The third-order valence-electron chi connectivity index (χ3n) is 1.20. The molecule has 1 unspecified atom stereocenters. The molecule has 5 N–H and O–H groups in total. The number of nitrogens with two attached hydrogens (primary N) is 1. The van der Waals surface area contributed by atoms with Crippen LogP contribution in [0.3, 0.4) is 0 Å². The number of amides is 2. The van der Waals surface area contributed by atoms with Gasteiger partial charge in [0.25, 0.3) is 0 Å². The Balaban J connectivity index is 3.87. The van der Waals surface area contributed by atoms with Gasteiger partial charge in [-0.2, -0.15) is 0 Å². The second-order valence-corrected chi connectivity index (χ2v) is 2.29. The lowest BCUT2D eigenvalue weighted by molar-refractivity contribution is -0.126. The van der Waals surface area contributed by atoms with Crippen LogP contribution in [0, 0.1) is 0 Å². The average Bonchev–Trinajstić information content (AvgIpc) is 1.96. The van der Waals surface area contributed by atoms with E-state index in [2.05, 4.69) is 16.2 Å². The molecule has 0 saturated carbocycles. The molecule has 2 amide bonds. The zero-order valence-corrected chi connectivity index (χ0v) is 7.18. The van der Waals surface area contributed by atoms with Gasteiger partial charge < -0.3 is 11.1 Å². The molecule has 0 spiro atoms. The van der Waals surface area contributed by atoms with E-state index >= 15 is 0 Å². The van der Waals surface area contributed by atoms with Crippen molar-refractivity contribution in [3.63, 3.8) is 0 Å². The van der Waals surface area contributed by atoms with Crippen molar-refractivity contribution in [2.24, 2.45) is 5.73 Å². The van der Waals surface area contributed by atoms with Crippen LogP contribution < -0.4 is 21.9 Å². The van der Waals surface area contributed by atoms with Gasteiger partial charge in [-0.3, -0.25) is 20.4 Å². The van der Waals surface area contributed by atoms with Gasteiger partial charge in [0.1, 0.15) is 6.04 Å². The summed E-state index contributed by atoms with van der Waals surface area (Å²) in [6.07, 6.45) is 0. The fourth-order valence-corrected chi connectivity index (χ4v) is 0.672. The summed E-state index contributed by atoms with van der Waals surface area (Å²) in [5, 5.41) is 2.40. The molecule has 6 heteroatoms. The molecule has 0 heterocycles.